The first-order valence-electron chi connectivity index (χ1n) is 9.48. The molecule has 3 atom stereocenters. The molecule has 1 N–H and O–H groups in total. The van der Waals surface area contributed by atoms with Crippen molar-refractivity contribution in [2.24, 2.45) is 7.05 Å². The number of hydrogen-bond donors (Lipinski definition) is 1. The maximum absolute atomic E-state index is 12.8. The number of nitrogens with zero attached hydrogens (tertiary/aromatic N) is 5. The topological polar surface area (TPSA) is 133 Å². The second kappa shape index (κ2) is 10.4. The Bertz CT molecular complexity index is 1060. The van der Waals surface area contributed by atoms with Gasteiger partial charge in [0.2, 0.25) is 11.1 Å². The quantitative estimate of drug-likeness (QED) is 0.241. The number of rotatable bonds is 7. The van der Waals surface area contributed by atoms with Gasteiger partial charge in [0, 0.05) is 18.1 Å². The molecule has 0 aliphatic carbocycles. The minimum atomic E-state index is -1.41. The third kappa shape index (κ3) is 4.88. The summed E-state index contributed by atoms with van der Waals surface area (Å²) in [7, 11) is 1.69. The molecule has 4 rings (SSSR count). The molecule has 2 amide bonds. The fourth-order valence-electron chi connectivity index (χ4n) is 3.52. The number of carboxylic acids is 1. The van der Waals surface area contributed by atoms with E-state index in [1.54, 1.807) is 7.05 Å². The zero-order valence-corrected chi connectivity index (χ0v) is 21.4. The van der Waals surface area contributed by atoms with E-state index in [4.69, 9.17) is 0 Å². The molecule has 0 bridgehead atoms. The van der Waals surface area contributed by atoms with Gasteiger partial charge in [-0.15, -0.1) is 16.9 Å². The van der Waals surface area contributed by atoms with Crippen molar-refractivity contribution in [2.75, 3.05) is 5.75 Å². The summed E-state index contributed by atoms with van der Waals surface area (Å²) >= 11 is 2.72. The Labute approximate surface area is 214 Å². The molecule has 2 aromatic rings. The van der Waals surface area contributed by atoms with E-state index < -0.39 is 23.3 Å². The maximum Gasteiger partial charge on any atom is 1.00 e. The molecule has 3 heterocycles. The zero-order chi connectivity index (χ0) is 22.1. The average Bonchev–Trinajstić information content (AvgIpc) is 3.15. The summed E-state index contributed by atoms with van der Waals surface area (Å²) in [5, 5.41) is 25.7. The maximum atomic E-state index is 12.8. The van der Waals surface area contributed by atoms with Crippen LogP contribution < -0.4 is 40.0 Å². The SMILES string of the molecule is C[C@H]1S[C@@H]2C(NC(=O)Cc3ccccc3)C(=O)N2C(C(=O)[O-])=C1CSc1nnnn1C.[Na+]. The van der Waals surface area contributed by atoms with E-state index in [9.17, 15) is 19.5 Å². The second-order valence-corrected chi connectivity index (χ2v) is 9.52. The Kier molecular flexibility index (Phi) is 8.04. The van der Waals surface area contributed by atoms with Gasteiger partial charge in [-0.1, -0.05) is 42.1 Å². The van der Waals surface area contributed by atoms with E-state index in [2.05, 4.69) is 20.8 Å². The van der Waals surface area contributed by atoms with Crippen LogP contribution in [0.25, 0.3) is 0 Å². The molecular weight excluding hydrogens is 463 g/mol. The van der Waals surface area contributed by atoms with E-state index in [0.717, 1.165) is 5.56 Å². The van der Waals surface area contributed by atoms with E-state index in [0.29, 0.717) is 16.5 Å². The van der Waals surface area contributed by atoms with Crippen LogP contribution in [0, 0.1) is 0 Å². The van der Waals surface area contributed by atoms with Crippen molar-refractivity contribution < 1.29 is 49.0 Å². The van der Waals surface area contributed by atoms with Crippen LogP contribution in [0.15, 0.2) is 46.8 Å². The van der Waals surface area contributed by atoms with Crippen molar-refractivity contribution in [1.82, 2.24) is 30.4 Å². The van der Waals surface area contributed by atoms with Gasteiger partial charge >= 0.3 is 29.6 Å². The Morgan fingerprint density at radius 3 is 2.62 bits per heavy atom. The second-order valence-electron chi connectivity index (χ2n) is 7.12. The van der Waals surface area contributed by atoms with Crippen molar-refractivity contribution in [2.45, 2.75) is 35.2 Å². The number of aryl methyl sites for hydroxylation is 1. The smallest absolute Gasteiger partial charge is 0.543 e. The van der Waals surface area contributed by atoms with Gasteiger partial charge in [0.15, 0.2) is 0 Å². The van der Waals surface area contributed by atoms with Gasteiger partial charge in [-0.2, -0.15) is 0 Å². The summed E-state index contributed by atoms with van der Waals surface area (Å²) in [4.78, 5) is 38.3. The molecule has 1 fully saturated rings. The molecule has 1 unspecified atom stereocenters. The van der Waals surface area contributed by atoms with E-state index in [1.807, 2.05) is 37.3 Å². The van der Waals surface area contributed by atoms with Crippen LogP contribution in [0.1, 0.15) is 12.5 Å². The standard InChI is InChI=1S/C19H20N6O4S2.Na/c1-10-12(9-30-19-21-22-23-24(19)2)15(18(28)29)25-16(27)14(17(25)31-10)20-13(26)8-11-6-4-3-5-7-11;/h3-7,10,14,17H,8-9H2,1-2H3,(H,20,26)(H,28,29);/q;+1/p-1/t10-,14?,17-;/m1./s1. The largest absolute Gasteiger partial charge is 1.00 e. The van der Waals surface area contributed by atoms with Crippen LogP contribution in [-0.4, -0.2) is 65.3 Å². The number of carbonyl (C=O) groups excluding carboxylic acids is 3. The fraction of sp³-hybridized carbons (Fsp3) is 0.368. The van der Waals surface area contributed by atoms with Gasteiger partial charge in [0.25, 0.3) is 5.91 Å². The number of carbonyl (C=O) groups is 3. The number of tetrazole rings is 1. The minimum Gasteiger partial charge on any atom is -0.543 e. The van der Waals surface area contributed by atoms with Crippen LogP contribution in [0.4, 0.5) is 0 Å². The Morgan fingerprint density at radius 2 is 2.00 bits per heavy atom. The summed E-state index contributed by atoms with van der Waals surface area (Å²) in [5.74, 6) is -1.85. The van der Waals surface area contributed by atoms with Crippen LogP contribution in [-0.2, 0) is 27.9 Å². The third-order valence-electron chi connectivity index (χ3n) is 5.08. The summed E-state index contributed by atoms with van der Waals surface area (Å²) in [6.45, 7) is 1.88. The van der Waals surface area contributed by atoms with Crippen LogP contribution in [0.5, 0.6) is 0 Å². The zero-order valence-electron chi connectivity index (χ0n) is 17.7. The molecule has 10 nitrogen and oxygen atoms in total. The minimum absolute atomic E-state index is 0. The number of aromatic nitrogens is 4. The van der Waals surface area contributed by atoms with Gasteiger partial charge < -0.3 is 15.2 Å². The van der Waals surface area contributed by atoms with E-state index >= 15 is 0 Å². The van der Waals surface area contributed by atoms with Crippen molar-refractivity contribution in [1.29, 1.82) is 0 Å². The van der Waals surface area contributed by atoms with Gasteiger partial charge in [0.1, 0.15) is 11.4 Å². The van der Waals surface area contributed by atoms with Crippen LogP contribution >= 0.6 is 23.5 Å². The molecule has 1 aromatic carbocycles. The predicted octanol–water partition coefficient (Wildman–Crippen LogP) is -3.66. The van der Waals surface area contributed by atoms with Crippen LogP contribution in [0.3, 0.4) is 0 Å². The number of hydrogen-bond acceptors (Lipinski definition) is 9. The number of carboxylic acid groups (broad SMARTS) is 1. The van der Waals surface area contributed by atoms with Crippen molar-refractivity contribution in [3.05, 3.63) is 47.2 Å². The predicted molar refractivity (Wildman–Crippen MR) is 111 cm³/mol. The number of fused-ring (bicyclic) bond motifs is 1. The number of amides is 2. The van der Waals surface area contributed by atoms with E-state index in [-0.39, 0.29) is 52.8 Å². The normalized spacial score (nSPS) is 22.0. The molecular formula is C19H19N6NaO4S2. The van der Waals surface area contributed by atoms with Crippen molar-refractivity contribution in [3.63, 3.8) is 0 Å². The van der Waals surface area contributed by atoms with Crippen LogP contribution in [0.2, 0.25) is 0 Å². The molecule has 2 aliphatic heterocycles. The monoisotopic (exact) mass is 482 g/mol. The first-order valence-corrected chi connectivity index (χ1v) is 11.4. The fourth-order valence-corrected chi connectivity index (χ4v) is 6.06. The Hall–Kier alpha value is -1.86. The first kappa shape index (κ1) is 24.8. The summed E-state index contributed by atoms with van der Waals surface area (Å²) in [5.41, 5.74) is 1.27. The summed E-state index contributed by atoms with van der Waals surface area (Å²) < 4.78 is 1.49. The number of β-lactam (4-membered cyclic amide) rings is 1. The number of aliphatic carboxylic acids is 1. The molecule has 0 saturated carbocycles. The molecule has 162 valence electrons. The van der Waals surface area contributed by atoms with Crippen molar-refractivity contribution in [3.8, 4) is 0 Å². The molecule has 2 aliphatic rings. The third-order valence-corrected chi connectivity index (χ3v) is 7.59. The molecule has 32 heavy (non-hydrogen) atoms. The molecule has 0 spiro atoms. The Morgan fingerprint density at radius 1 is 1.28 bits per heavy atom. The van der Waals surface area contributed by atoms with Gasteiger partial charge in [-0.05, 0) is 28.5 Å². The molecule has 0 radical (unpaired) electrons. The van der Waals surface area contributed by atoms with Crippen molar-refractivity contribution >= 4 is 41.3 Å². The molecule has 13 heteroatoms. The number of benzene rings is 1. The van der Waals surface area contributed by atoms with Gasteiger partial charge in [0.05, 0.1) is 18.1 Å². The summed E-state index contributed by atoms with van der Waals surface area (Å²) in [6, 6.07) is 8.43. The summed E-state index contributed by atoms with van der Waals surface area (Å²) in [6.07, 6.45) is 0.147. The Balaban J connectivity index is 0.00000289. The molecule has 1 saturated heterocycles. The van der Waals surface area contributed by atoms with E-state index in [1.165, 1.54) is 33.1 Å². The van der Waals surface area contributed by atoms with Gasteiger partial charge in [-0.3, -0.25) is 14.5 Å². The number of thioether (sulfide) groups is 2. The van der Waals surface area contributed by atoms with Gasteiger partial charge in [-0.25, -0.2) is 4.68 Å². The first-order chi connectivity index (χ1) is 14.9. The molecule has 1 aromatic heterocycles. The number of nitrogens with one attached hydrogen (secondary N) is 1. The average molecular weight is 483 g/mol.